The van der Waals surface area contributed by atoms with Gasteiger partial charge in [-0.2, -0.15) is 0 Å². The van der Waals surface area contributed by atoms with Crippen molar-refractivity contribution < 1.29 is 4.42 Å². The molecule has 4 rings (SSSR count). The summed E-state index contributed by atoms with van der Waals surface area (Å²) in [6, 6.07) is 18.8. The summed E-state index contributed by atoms with van der Waals surface area (Å²) in [5, 5.41) is 3.02. The molecule has 0 N–H and O–H groups in total. The van der Waals surface area contributed by atoms with Gasteiger partial charge in [-0.15, -0.1) is 0 Å². The fourth-order valence-corrected chi connectivity index (χ4v) is 2.92. The van der Waals surface area contributed by atoms with E-state index in [2.05, 4.69) is 0 Å². The van der Waals surface area contributed by atoms with E-state index in [1.54, 1.807) is 6.07 Å². The normalized spacial score (nSPS) is 11.1. The van der Waals surface area contributed by atoms with E-state index < -0.39 is 0 Å². The van der Waals surface area contributed by atoms with Crippen molar-refractivity contribution in [2.45, 2.75) is 0 Å². The van der Waals surface area contributed by atoms with Crippen LogP contribution >= 0.6 is 11.6 Å². The van der Waals surface area contributed by atoms with Crippen molar-refractivity contribution in [2.75, 3.05) is 0 Å². The highest BCUT2D eigenvalue weighted by Gasteiger charge is 2.12. The van der Waals surface area contributed by atoms with Crippen LogP contribution in [0.1, 0.15) is 0 Å². The first-order chi connectivity index (χ1) is 10.7. The van der Waals surface area contributed by atoms with Crippen LogP contribution in [0, 0.1) is 0 Å². The Bertz CT molecular complexity index is 1050. The molecule has 3 heteroatoms. The van der Waals surface area contributed by atoms with Crippen LogP contribution in [-0.2, 0) is 0 Å². The molecule has 0 fully saturated rings. The largest absolute Gasteiger partial charge is 0.463 e. The number of hydrogen-bond acceptors (Lipinski definition) is 2. The van der Waals surface area contributed by atoms with Crippen LogP contribution in [0.3, 0.4) is 0 Å². The topological polar surface area (TPSA) is 30.2 Å². The van der Waals surface area contributed by atoms with Gasteiger partial charge in [0.2, 0.25) is 5.43 Å². The van der Waals surface area contributed by atoms with Gasteiger partial charge in [-0.05, 0) is 34.5 Å². The van der Waals surface area contributed by atoms with Crippen molar-refractivity contribution in [1.82, 2.24) is 0 Å². The quantitative estimate of drug-likeness (QED) is 0.449. The van der Waals surface area contributed by atoms with E-state index >= 15 is 0 Å². The van der Waals surface area contributed by atoms with E-state index in [-0.39, 0.29) is 5.43 Å². The predicted octanol–water partition coefficient (Wildman–Crippen LogP) is 5.27. The number of benzene rings is 3. The van der Waals surface area contributed by atoms with Crippen LogP contribution in [0.25, 0.3) is 32.9 Å². The lowest BCUT2D eigenvalue weighted by Crippen LogP contribution is -2.05. The zero-order valence-corrected chi connectivity index (χ0v) is 12.3. The van der Waals surface area contributed by atoms with E-state index in [0.29, 0.717) is 21.6 Å². The summed E-state index contributed by atoms with van der Waals surface area (Å²) in [7, 11) is 0. The summed E-state index contributed by atoms with van der Waals surface area (Å²) in [6.45, 7) is 0. The molecule has 0 unspecified atom stereocenters. The summed E-state index contributed by atoms with van der Waals surface area (Å²) in [6.07, 6.45) is 1.53. The maximum atomic E-state index is 12.9. The summed E-state index contributed by atoms with van der Waals surface area (Å²) < 4.78 is 5.68. The molecule has 1 aromatic heterocycles. The first-order valence-electron chi connectivity index (χ1n) is 6.93. The Morgan fingerprint density at radius 3 is 2.55 bits per heavy atom. The van der Waals surface area contributed by atoms with Crippen LogP contribution in [0.2, 0.25) is 5.02 Å². The van der Waals surface area contributed by atoms with Gasteiger partial charge in [0, 0.05) is 5.02 Å². The number of halogens is 1. The maximum absolute atomic E-state index is 12.9. The Hall–Kier alpha value is -2.58. The summed E-state index contributed by atoms with van der Waals surface area (Å²) in [4.78, 5) is 12.9. The van der Waals surface area contributed by atoms with Crippen LogP contribution in [0.5, 0.6) is 0 Å². The van der Waals surface area contributed by atoms with Crippen molar-refractivity contribution >= 4 is 33.3 Å². The first kappa shape index (κ1) is 13.1. The molecule has 0 bridgehead atoms. The zero-order valence-electron chi connectivity index (χ0n) is 11.5. The highest BCUT2D eigenvalue weighted by atomic mass is 35.5. The number of hydrogen-bond donors (Lipinski definition) is 0. The summed E-state index contributed by atoms with van der Waals surface area (Å²) in [5.74, 6) is 0. The standard InChI is InChI=1S/C19H11ClO2/c20-14-7-8-15-13(10-14)6-9-17-18(15)19(21)16(11-22-17)12-4-2-1-3-5-12/h1-11H. The predicted molar refractivity (Wildman–Crippen MR) is 90.4 cm³/mol. The van der Waals surface area contributed by atoms with Crippen molar-refractivity contribution in [3.8, 4) is 11.1 Å². The lowest BCUT2D eigenvalue weighted by atomic mass is 10.0. The van der Waals surface area contributed by atoms with Crippen LogP contribution < -0.4 is 5.43 Å². The number of fused-ring (bicyclic) bond motifs is 3. The second-order valence-electron chi connectivity index (χ2n) is 5.15. The highest BCUT2D eigenvalue weighted by Crippen LogP contribution is 2.27. The minimum atomic E-state index is -0.0274. The van der Waals surface area contributed by atoms with Crippen molar-refractivity contribution in [3.05, 3.63) is 82.2 Å². The van der Waals surface area contributed by atoms with Crippen molar-refractivity contribution in [1.29, 1.82) is 0 Å². The Kier molecular flexibility index (Phi) is 2.98. The molecule has 22 heavy (non-hydrogen) atoms. The molecule has 4 aromatic rings. The van der Waals surface area contributed by atoms with Gasteiger partial charge in [0.25, 0.3) is 0 Å². The molecule has 0 saturated carbocycles. The van der Waals surface area contributed by atoms with E-state index in [1.807, 2.05) is 54.6 Å². The van der Waals surface area contributed by atoms with Gasteiger partial charge >= 0.3 is 0 Å². The third-order valence-electron chi connectivity index (χ3n) is 3.80. The zero-order chi connectivity index (χ0) is 15.1. The lowest BCUT2D eigenvalue weighted by molar-refractivity contribution is 0.605. The SMILES string of the molecule is O=c1c(-c2ccccc2)coc2ccc3cc(Cl)ccc3c12. The molecule has 106 valence electrons. The molecule has 2 nitrogen and oxygen atoms in total. The third kappa shape index (κ3) is 2.00. The molecule has 0 saturated heterocycles. The van der Waals surface area contributed by atoms with Crippen molar-refractivity contribution in [3.63, 3.8) is 0 Å². The van der Waals surface area contributed by atoms with Gasteiger partial charge in [-0.25, -0.2) is 0 Å². The molecular weight excluding hydrogens is 296 g/mol. The lowest BCUT2D eigenvalue weighted by Gasteiger charge is -2.06. The molecule has 0 spiro atoms. The van der Waals surface area contributed by atoms with E-state index in [4.69, 9.17) is 16.0 Å². The Morgan fingerprint density at radius 1 is 0.909 bits per heavy atom. The minimum absolute atomic E-state index is 0.0274. The van der Waals surface area contributed by atoms with Gasteiger partial charge in [-0.3, -0.25) is 4.79 Å². The van der Waals surface area contributed by atoms with Crippen molar-refractivity contribution in [2.24, 2.45) is 0 Å². The average molecular weight is 307 g/mol. The molecule has 1 heterocycles. The maximum Gasteiger partial charge on any atom is 0.201 e. The smallest absolute Gasteiger partial charge is 0.201 e. The molecule has 0 radical (unpaired) electrons. The fourth-order valence-electron chi connectivity index (χ4n) is 2.74. The van der Waals surface area contributed by atoms with Gasteiger partial charge in [0.1, 0.15) is 11.8 Å². The molecule has 0 amide bonds. The Labute approximate surface area is 131 Å². The first-order valence-corrected chi connectivity index (χ1v) is 7.31. The van der Waals surface area contributed by atoms with Gasteiger partial charge in [0.15, 0.2) is 0 Å². The molecule has 3 aromatic carbocycles. The number of rotatable bonds is 1. The molecule has 0 atom stereocenters. The fraction of sp³-hybridized carbons (Fsp3) is 0. The van der Waals surface area contributed by atoms with Crippen LogP contribution in [-0.4, -0.2) is 0 Å². The van der Waals surface area contributed by atoms with E-state index in [0.717, 1.165) is 16.3 Å². The van der Waals surface area contributed by atoms with Gasteiger partial charge in [0.05, 0.1) is 10.9 Å². The molecule has 0 aliphatic carbocycles. The second kappa shape index (κ2) is 5.00. The van der Waals surface area contributed by atoms with E-state index in [9.17, 15) is 4.79 Å². The second-order valence-corrected chi connectivity index (χ2v) is 5.59. The highest BCUT2D eigenvalue weighted by molar-refractivity contribution is 6.31. The van der Waals surface area contributed by atoms with E-state index in [1.165, 1.54) is 6.26 Å². The summed E-state index contributed by atoms with van der Waals surface area (Å²) in [5.41, 5.74) is 1.97. The minimum Gasteiger partial charge on any atom is -0.463 e. The van der Waals surface area contributed by atoms with Crippen LogP contribution in [0.15, 0.2) is 76.1 Å². The third-order valence-corrected chi connectivity index (χ3v) is 4.04. The molecule has 0 aliphatic heterocycles. The summed E-state index contributed by atoms with van der Waals surface area (Å²) >= 11 is 6.04. The Balaban J connectivity index is 2.14. The van der Waals surface area contributed by atoms with Gasteiger partial charge in [-0.1, -0.05) is 54.1 Å². The molecule has 0 aliphatic rings. The molecular formula is C19H11ClO2. The monoisotopic (exact) mass is 306 g/mol. The average Bonchev–Trinajstić information content (AvgIpc) is 2.55. The van der Waals surface area contributed by atoms with Crippen LogP contribution in [0.4, 0.5) is 0 Å². The van der Waals surface area contributed by atoms with Gasteiger partial charge < -0.3 is 4.42 Å². The Morgan fingerprint density at radius 2 is 1.73 bits per heavy atom.